The lowest BCUT2D eigenvalue weighted by atomic mass is 10.2. The molecule has 0 saturated heterocycles. The van der Waals surface area contributed by atoms with Crippen molar-refractivity contribution in [2.45, 2.75) is 24.9 Å². The van der Waals surface area contributed by atoms with Crippen LogP contribution in [0, 0.1) is 5.41 Å². The van der Waals surface area contributed by atoms with E-state index in [1.165, 1.54) is 0 Å². The van der Waals surface area contributed by atoms with Crippen molar-refractivity contribution < 1.29 is 0 Å². The third kappa shape index (κ3) is 3.03. The molecule has 4 heteroatoms. The summed E-state index contributed by atoms with van der Waals surface area (Å²) in [6.07, 6.45) is 1.67. The summed E-state index contributed by atoms with van der Waals surface area (Å²) in [6.45, 7) is 4.29. The van der Waals surface area contributed by atoms with Crippen molar-refractivity contribution in [3.8, 4) is 0 Å². The molecule has 1 aromatic heterocycles. The second kappa shape index (κ2) is 5.00. The molecule has 0 aliphatic rings. The molecule has 3 nitrogen and oxygen atoms in total. The molecule has 1 rings (SSSR count). The first kappa shape index (κ1) is 11.0. The van der Waals surface area contributed by atoms with Gasteiger partial charge in [0.25, 0.3) is 0 Å². The third-order valence-corrected chi connectivity index (χ3v) is 2.86. The van der Waals surface area contributed by atoms with Crippen LogP contribution in [0.15, 0.2) is 18.3 Å². The number of rotatable bonds is 4. The van der Waals surface area contributed by atoms with Crippen LogP contribution in [-0.4, -0.2) is 16.1 Å². The van der Waals surface area contributed by atoms with Gasteiger partial charge in [-0.1, -0.05) is 19.9 Å². The van der Waals surface area contributed by atoms with Gasteiger partial charge in [0.15, 0.2) is 0 Å². The molecule has 76 valence electrons. The van der Waals surface area contributed by atoms with Gasteiger partial charge in [0.1, 0.15) is 11.5 Å². The minimum absolute atomic E-state index is 0.0463. The summed E-state index contributed by atoms with van der Waals surface area (Å²) in [7, 11) is 0. The van der Waals surface area contributed by atoms with Crippen molar-refractivity contribution in [1.82, 2.24) is 4.98 Å². The summed E-state index contributed by atoms with van der Waals surface area (Å²) in [5.74, 6) is 0.908. The van der Waals surface area contributed by atoms with E-state index in [1.54, 1.807) is 6.20 Å². The van der Waals surface area contributed by atoms with Crippen molar-refractivity contribution in [1.29, 1.82) is 5.41 Å². The molecule has 0 saturated carbocycles. The van der Waals surface area contributed by atoms with Gasteiger partial charge in [-0.2, -0.15) is 11.8 Å². The topological polar surface area (TPSA) is 62.8 Å². The van der Waals surface area contributed by atoms with E-state index >= 15 is 0 Å². The van der Waals surface area contributed by atoms with Crippen molar-refractivity contribution >= 4 is 17.6 Å². The number of nitrogens with zero attached hydrogens (tertiary/aromatic N) is 1. The lowest BCUT2D eigenvalue weighted by molar-refractivity contribution is 1.10. The van der Waals surface area contributed by atoms with Gasteiger partial charge in [-0.15, -0.1) is 0 Å². The molecule has 0 aliphatic carbocycles. The van der Waals surface area contributed by atoms with Gasteiger partial charge < -0.3 is 5.73 Å². The number of hydrogen-bond donors (Lipinski definition) is 2. The monoisotopic (exact) mass is 209 g/mol. The van der Waals surface area contributed by atoms with Gasteiger partial charge in [0, 0.05) is 11.9 Å². The van der Waals surface area contributed by atoms with Gasteiger partial charge in [-0.3, -0.25) is 10.4 Å². The Morgan fingerprint density at radius 2 is 2.36 bits per heavy atom. The number of amidine groups is 1. The van der Waals surface area contributed by atoms with Gasteiger partial charge >= 0.3 is 0 Å². The highest BCUT2D eigenvalue weighted by molar-refractivity contribution is 7.99. The molecule has 1 aromatic rings. The van der Waals surface area contributed by atoms with Crippen LogP contribution in [0.1, 0.15) is 25.1 Å². The zero-order chi connectivity index (χ0) is 10.6. The first-order chi connectivity index (χ1) is 6.61. The Bertz CT molecular complexity index is 323. The maximum Gasteiger partial charge on any atom is 0.142 e. The summed E-state index contributed by atoms with van der Waals surface area (Å²) in [6, 6.07) is 3.85. The van der Waals surface area contributed by atoms with E-state index in [0.29, 0.717) is 10.9 Å². The molecule has 0 aliphatic heterocycles. The SMILES string of the molecule is CC(C)SCc1cccnc1C(=N)N. The van der Waals surface area contributed by atoms with Gasteiger partial charge in [0.05, 0.1) is 0 Å². The van der Waals surface area contributed by atoms with Crippen molar-refractivity contribution in [2.75, 3.05) is 0 Å². The van der Waals surface area contributed by atoms with E-state index in [9.17, 15) is 0 Å². The molecule has 0 radical (unpaired) electrons. The normalized spacial score (nSPS) is 10.5. The van der Waals surface area contributed by atoms with Crippen LogP contribution in [0.2, 0.25) is 0 Å². The highest BCUT2D eigenvalue weighted by atomic mass is 32.2. The summed E-state index contributed by atoms with van der Waals surface area (Å²) in [4.78, 5) is 4.09. The molecule has 0 aromatic carbocycles. The van der Waals surface area contributed by atoms with Crippen LogP contribution >= 0.6 is 11.8 Å². The lowest BCUT2D eigenvalue weighted by Gasteiger charge is -2.08. The Morgan fingerprint density at radius 1 is 1.64 bits per heavy atom. The van der Waals surface area contributed by atoms with Crippen LogP contribution in [0.3, 0.4) is 0 Å². The highest BCUT2D eigenvalue weighted by Crippen LogP contribution is 2.18. The first-order valence-corrected chi connectivity index (χ1v) is 5.56. The summed E-state index contributed by atoms with van der Waals surface area (Å²) >= 11 is 1.82. The predicted octanol–water partition coefficient (Wildman–Crippen LogP) is 2.01. The van der Waals surface area contributed by atoms with E-state index in [-0.39, 0.29) is 5.84 Å². The minimum Gasteiger partial charge on any atom is -0.382 e. The fourth-order valence-electron chi connectivity index (χ4n) is 1.05. The van der Waals surface area contributed by atoms with Crippen molar-refractivity contribution in [3.05, 3.63) is 29.6 Å². The highest BCUT2D eigenvalue weighted by Gasteiger charge is 2.06. The molecular weight excluding hydrogens is 194 g/mol. The van der Waals surface area contributed by atoms with E-state index < -0.39 is 0 Å². The molecular formula is C10H15N3S. The number of nitrogen functional groups attached to an aromatic ring is 1. The number of aromatic nitrogens is 1. The van der Waals surface area contributed by atoms with Gasteiger partial charge in [0.2, 0.25) is 0 Å². The maximum atomic E-state index is 7.37. The Kier molecular flexibility index (Phi) is 3.95. The van der Waals surface area contributed by atoms with Crippen LogP contribution in [0.4, 0.5) is 0 Å². The Labute approximate surface area is 88.6 Å². The smallest absolute Gasteiger partial charge is 0.142 e. The van der Waals surface area contributed by atoms with E-state index in [2.05, 4.69) is 18.8 Å². The molecule has 3 N–H and O–H groups in total. The molecule has 14 heavy (non-hydrogen) atoms. The van der Waals surface area contributed by atoms with Gasteiger partial charge in [-0.25, -0.2) is 0 Å². The van der Waals surface area contributed by atoms with Crippen molar-refractivity contribution in [3.63, 3.8) is 0 Å². The van der Waals surface area contributed by atoms with Crippen LogP contribution < -0.4 is 5.73 Å². The minimum atomic E-state index is 0.0463. The third-order valence-electron chi connectivity index (χ3n) is 1.72. The quantitative estimate of drug-likeness (QED) is 0.589. The average molecular weight is 209 g/mol. The second-order valence-electron chi connectivity index (χ2n) is 3.28. The molecule has 0 atom stereocenters. The summed E-state index contributed by atoms with van der Waals surface area (Å²) in [5.41, 5.74) is 7.08. The number of nitrogens with two attached hydrogens (primary N) is 1. The van der Waals surface area contributed by atoms with Gasteiger partial charge in [-0.05, 0) is 16.9 Å². The lowest BCUT2D eigenvalue weighted by Crippen LogP contribution is -2.15. The van der Waals surface area contributed by atoms with E-state index in [1.807, 2.05) is 23.9 Å². The number of pyridine rings is 1. The van der Waals surface area contributed by atoms with Crippen LogP contribution in [0.5, 0.6) is 0 Å². The molecule has 0 bridgehead atoms. The molecule has 1 heterocycles. The summed E-state index contributed by atoms with van der Waals surface area (Å²) in [5, 5.41) is 7.95. The molecule has 0 spiro atoms. The molecule has 0 amide bonds. The zero-order valence-corrected chi connectivity index (χ0v) is 9.27. The fraction of sp³-hybridized carbons (Fsp3) is 0.400. The maximum absolute atomic E-state index is 7.37. The molecule has 0 fully saturated rings. The number of thioether (sulfide) groups is 1. The number of nitrogens with one attached hydrogen (secondary N) is 1. The summed E-state index contributed by atoms with van der Waals surface area (Å²) < 4.78 is 0. The fourth-order valence-corrected chi connectivity index (χ4v) is 1.80. The first-order valence-electron chi connectivity index (χ1n) is 4.51. The number of hydrogen-bond acceptors (Lipinski definition) is 3. The van der Waals surface area contributed by atoms with E-state index in [4.69, 9.17) is 11.1 Å². The zero-order valence-electron chi connectivity index (χ0n) is 8.45. The second-order valence-corrected chi connectivity index (χ2v) is 4.85. The Balaban J connectivity index is 2.79. The molecule has 0 unspecified atom stereocenters. The average Bonchev–Trinajstić information content (AvgIpc) is 2.15. The largest absolute Gasteiger partial charge is 0.382 e. The Morgan fingerprint density at radius 3 is 2.93 bits per heavy atom. The predicted molar refractivity (Wildman–Crippen MR) is 61.7 cm³/mol. The van der Waals surface area contributed by atoms with E-state index in [0.717, 1.165) is 11.3 Å². The standard InChI is InChI=1S/C10H15N3S/c1-7(2)14-6-8-4-3-5-13-9(8)10(11)12/h3-5,7H,6H2,1-2H3,(H3,11,12). The Hall–Kier alpha value is -1.03. The van der Waals surface area contributed by atoms with Crippen LogP contribution in [-0.2, 0) is 5.75 Å². The van der Waals surface area contributed by atoms with Crippen molar-refractivity contribution in [2.24, 2.45) is 5.73 Å². The van der Waals surface area contributed by atoms with Crippen LogP contribution in [0.25, 0.3) is 0 Å².